The van der Waals surface area contributed by atoms with Crippen LogP contribution in [0, 0.1) is 5.92 Å². The third-order valence-corrected chi connectivity index (χ3v) is 3.33. The van der Waals surface area contributed by atoms with Gasteiger partial charge in [-0.1, -0.05) is 6.07 Å². The fourth-order valence-corrected chi connectivity index (χ4v) is 2.43. The van der Waals surface area contributed by atoms with Gasteiger partial charge in [0.15, 0.2) is 0 Å². The molecule has 0 saturated carbocycles. The molecule has 0 aromatic heterocycles. The van der Waals surface area contributed by atoms with Crippen molar-refractivity contribution in [2.45, 2.75) is 6.42 Å². The summed E-state index contributed by atoms with van der Waals surface area (Å²) in [6, 6.07) is 8.11. The van der Waals surface area contributed by atoms with Crippen LogP contribution in [0.15, 0.2) is 24.3 Å². The van der Waals surface area contributed by atoms with E-state index in [1.807, 2.05) is 18.2 Å². The van der Waals surface area contributed by atoms with Crippen LogP contribution in [0.25, 0.3) is 0 Å². The SMILES string of the molecule is CN1CCC(CN(C)c2cccc(N)c2)C1. The summed E-state index contributed by atoms with van der Waals surface area (Å²) in [6.45, 7) is 3.57. The van der Waals surface area contributed by atoms with Crippen LogP contribution in [0.3, 0.4) is 0 Å². The van der Waals surface area contributed by atoms with Crippen molar-refractivity contribution >= 4 is 11.4 Å². The molecule has 1 aromatic rings. The van der Waals surface area contributed by atoms with Crippen LogP contribution in [0.4, 0.5) is 11.4 Å². The van der Waals surface area contributed by atoms with Gasteiger partial charge in [0, 0.05) is 31.5 Å². The molecule has 1 aliphatic heterocycles. The van der Waals surface area contributed by atoms with Crippen molar-refractivity contribution in [3.63, 3.8) is 0 Å². The Balaban J connectivity index is 1.95. The van der Waals surface area contributed by atoms with Gasteiger partial charge in [-0.05, 0) is 44.1 Å². The minimum atomic E-state index is 0.788. The zero-order valence-electron chi connectivity index (χ0n) is 10.2. The van der Waals surface area contributed by atoms with Gasteiger partial charge >= 0.3 is 0 Å². The number of anilines is 2. The van der Waals surface area contributed by atoms with Crippen LogP contribution in [-0.2, 0) is 0 Å². The Labute approximate surface area is 97.8 Å². The van der Waals surface area contributed by atoms with E-state index in [1.54, 1.807) is 0 Å². The van der Waals surface area contributed by atoms with E-state index in [0.29, 0.717) is 0 Å². The second-order valence-electron chi connectivity index (χ2n) is 4.89. The van der Waals surface area contributed by atoms with Gasteiger partial charge in [-0.2, -0.15) is 0 Å². The second-order valence-corrected chi connectivity index (χ2v) is 4.89. The van der Waals surface area contributed by atoms with Gasteiger partial charge in [0.1, 0.15) is 0 Å². The average Bonchev–Trinajstić information content (AvgIpc) is 2.64. The summed E-state index contributed by atoms with van der Waals surface area (Å²) in [4.78, 5) is 4.71. The summed E-state index contributed by atoms with van der Waals surface area (Å²) >= 11 is 0. The number of nitrogen functional groups attached to an aromatic ring is 1. The lowest BCUT2D eigenvalue weighted by Crippen LogP contribution is -2.27. The molecule has 1 fully saturated rings. The predicted octanol–water partition coefficient (Wildman–Crippen LogP) is 1.66. The van der Waals surface area contributed by atoms with Crippen molar-refractivity contribution in [3.05, 3.63) is 24.3 Å². The molecule has 1 aromatic carbocycles. The molecule has 3 heteroatoms. The normalized spacial score (nSPS) is 21.2. The van der Waals surface area contributed by atoms with E-state index in [2.05, 4.69) is 30.0 Å². The first kappa shape index (κ1) is 11.3. The molecule has 88 valence electrons. The van der Waals surface area contributed by atoms with Crippen molar-refractivity contribution in [3.8, 4) is 0 Å². The number of benzene rings is 1. The number of rotatable bonds is 3. The molecule has 2 N–H and O–H groups in total. The number of nitrogens with zero attached hydrogens (tertiary/aromatic N) is 2. The Morgan fingerprint density at radius 1 is 1.50 bits per heavy atom. The number of nitrogens with two attached hydrogens (primary N) is 1. The smallest absolute Gasteiger partial charge is 0.0384 e. The molecular weight excluding hydrogens is 198 g/mol. The minimum Gasteiger partial charge on any atom is -0.399 e. The maximum atomic E-state index is 5.79. The first-order valence-electron chi connectivity index (χ1n) is 5.90. The molecule has 16 heavy (non-hydrogen) atoms. The topological polar surface area (TPSA) is 32.5 Å². The fraction of sp³-hybridized carbons (Fsp3) is 0.538. The average molecular weight is 219 g/mol. The monoisotopic (exact) mass is 219 g/mol. The third kappa shape index (κ3) is 2.67. The molecule has 2 rings (SSSR count). The highest BCUT2D eigenvalue weighted by atomic mass is 15.1. The summed E-state index contributed by atoms with van der Waals surface area (Å²) in [5.41, 5.74) is 7.85. The van der Waals surface area contributed by atoms with Crippen molar-refractivity contribution in [1.29, 1.82) is 0 Å². The maximum Gasteiger partial charge on any atom is 0.0384 e. The van der Waals surface area contributed by atoms with E-state index in [9.17, 15) is 0 Å². The first-order valence-corrected chi connectivity index (χ1v) is 5.90. The highest BCUT2D eigenvalue weighted by Gasteiger charge is 2.20. The third-order valence-electron chi connectivity index (χ3n) is 3.33. The summed E-state index contributed by atoms with van der Waals surface area (Å²) < 4.78 is 0. The van der Waals surface area contributed by atoms with E-state index < -0.39 is 0 Å². The largest absolute Gasteiger partial charge is 0.399 e. The van der Waals surface area contributed by atoms with Gasteiger partial charge in [0.25, 0.3) is 0 Å². The van der Waals surface area contributed by atoms with E-state index in [1.165, 1.54) is 25.2 Å². The van der Waals surface area contributed by atoms with Gasteiger partial charge in [0.2, 0.25) is 0 Å². The molecule has 0 radical (unpaired) electrons. The van der Waals surface area contributed by atoms with Crippen LogP contribution < -0.4 is 10.6 Å². The molecule has 1 heterocycles. The van der Waals surface area contributed by atoms with Crippen LogP contribution in [0.2, 0.25) is 0 Å². The quantitative estimate of drug-likeness (QED) is 0.785. The van der Waals surface area contributed by atoms with Gasteiger partial charge in [-0.3, -0.25) is 0 Å². The maximum absolute atomic E-state index is 5.79. The van der Waals surface area contributed by atoms with Crippen LogP contribution in [0.1, 0.15) is 6.42 Å². The van der Waals surface area contributed by atoms with Crippen LogP contribution in [-0.4, -0.2) is 38.6 Å². The number of likely N-dealkylation sites (tertiary alicyclic amines) is 1. The van der Waals surface area contributed by atoms with Crippen molar-refractivity contribution in [1.82, 2.24) is 4.90 Å². The lowest BCUT2D eigenvalue weighted by atomic mass is 10.1. The summed E-state index contributed by atoms with van der Waals surface area (Å²) in [7, 11) is 4.34. The van der Waals surface area contributed by atoms with E-state index in [0.717, 1.165) is 18.2 Å². The Hall–Kier alpha value is -1.22. The summed E-state index contributed by atoms with van der Waals surface area (Å²) in [6.07, 6.45) is 1.31. The minimum absolute atomic E-state index is 0.788. The molecule has 1 saturated heterocycles. The molecule has 0 bridgehead atoms. The zero-order valence-corrected chi connectivity index (χ0v) is 10.2. The molecule has 3 nitrogen and oxygen atoms in total. The van der Waals surface area contributed by atoms with Crippen LogP contribution in [0.5, 0.6) is 0 Å². The molecule has 1 unspecified atom stereocenters. The first-order chi connectivity index (χ1) is 7.65. The Bertz CT molecular complexity index is 351. The van der Waals surface area contributed by atoms with Gasteiger partial charge in [-0.25, -0.2) is 0 Å². The highest BCUT2D eigenvalue weighted by Crippen LogP contribution is 2.20. The van der Waals surface area contributed by atoms with E-state index in [-0.39, 0.29) is 0 Å². The lowest BCUT2D eigenvalue weighted by Gasteiger charge is -2.23. The standard InChI is InChI=1S/C13H21N3/c1-15-7-6-11(9-15)10-16(2)13-5-3-4-12(14)8-13/h3-5,8,11H,6-7,9-10,14H2,1-2H3. The van der Waals surface area contributed by atoms with E-state index in [4.69, 9.17) is 5.73 Å². The second kappa shape index (κ2) is 4.74. The van der Waals surface area contributed by atoms with Gasteiger partial charge in [-0.15, -0.1) is 0 Å². The molecule has 0 amide bonds. The van der Waals surface area contributed by atoms with Crippen LogP contribution >= 0.6 is 0 Å². The van der Waals surface area contributed by atoms with Crippen molar-refractivity contribution < 1.29 is 0 Å². The van der Waals surface area contributed by atoms with Crippen molar-refractivity contribution in [2.24, 2.45) is 5.92 Å². The Morgan fingerprint density at radius 3 is 2.94 bits per heavy atom. The van der Waals surface area contributed by atoms with Gasteiger partial charge in [0.05, 0.1) is 0 Å². The predicted molar refractivity (Wildman–Crippen MR) is 69.7 cm³/mol. The molecule has 1 aliphatic rings. The lowest BCUT2D eigenvalue weighted by molar-refractivity contribution is 0.396. The highest BCUT2D eigenvalue weighted by molar-refractivity contribution is 5.55. The Morgan fingerprint density at radius 2 is 2.31 bits per heavy atom. The Kier molecular flexibility index (Phi) is 3.34. The fourth-order valence-electron chi connectivity index (χ4n) is 2.43. The molecule has 0 spiro atoms. The van der Waals surface area contributed by atoms with E-state index >= 15 is 0 Å². The van der Waals surface area contributed by atoms with Crippen molar-refractivity contribution in [2.75, 3.05) is 44.4 Å². The zero-order chi connectivity index (χ0) is 11.5. The summed E-state index contributed by atoms with van der Waals surface area (Å²) in [5, 5.41) is 0. The molecule has 1 atom stereocenters. The number of hydrogen-bond donors (Lipinski definition) is 1. The number of hydrogen-bond acceptors (Lipinski definition) is 3. The summed E-state index contributed by atoms with van der Waals surface area (Å²) in [5.74, 6) is 0.788. The molecule has 0 aliphatic carbocycles. The molecular formula is C13H21N3. The van der Waals surface area contributed by atoms with Gasteiger partial charge < -0.3 is 15.5 Å².